The second-order valence-corrected chi connectivity index (χ2v) is 14.6. The van der Waals surface area contributed by atoms with Crippen LogP contribution in [0.15, 0.2) is 47.4 Å². The molecule has 5 N–H and O–H groups in total. The van der Waals surface area contributed by atoms with E-state index in [0.717, 1.165) is 42.1 Å². The zero-order valence-electron chi connectivity index (χ0n) is 31.2. The monoisotopic (exact) mass is 745 g/mol. The first kappa shape index (κ1) is 39.2. The summed E-state index contributed by atoms with van der Waals surface area (Å²) >= 11 is 0. The number of carbonyl (C=O) groups excluding carboxylic acids is 3. The van der Waals surface area contributed by atoms with E-state index in [-0.39, 0.29) is 79.7 Å². The lowest BCUT2D eigenvalue weighted by Crippen LogP contribution is -2.42. The Labute approximate surface area is 314 Å². The van der Waals surface area contributed by atoms with Gasteiger partial charge in [-0.15, -0.1) is 0 Å². The maximum absolute atomic E-state index is 14.0. The summed E-state index contributed by atoms with van der Waals surface area (Å²) in [6, 6.07) is 7.60. The number of hydrogen-bond acceptors (Lipinski definition) is 11. The van der Waals surface area contributed by atoms with E-state index in [9.17, 15) is 34.8 Å². The highest BCUT2D eigenvalue weighted by Crippen LogP contribution is 2.57. The van der Waals surface area contributed by atoms with Crippen LogP contribution in [0.5, 0.6) is 17.2 Å². The maximum Gasteiger partial charge on any atom is 0.375 e. The van der Waals surface area contributed by atoms with Gasteiger partial charge in [-0.2, -0.15) is 0 Å². The number of ketones is 1. The number of aliphatic hydroxyl groups excluding tert-OH is 3. The quantitative estimate of drug-likeness (QED) is 0.0722. The highest BCUT2D eigenvalue weighted by atomic mass is 16.6. The fraction of sp³-hybridized carbons (Fsp3) is 0.500. The molecule has 12 heteroatoms. The minimum Gasteiger partial charge on any atom is -0.492 e. The normalized spacial score (nSPS) is 22.0. The van der Waals surface area contributed by atoms with Crippen molar-refractivity contribution >= 4 is 34.5 Å². The molecule has 6 rings (SSSR count). The van der Waals surface area contributed by atoms with Crippen LogP contribution in [0.3, 0.4) is 0 Å². The molecule has 2 aliphatic heterocycles. The zero-order chi connectivity index (χ0) is 38.6. The number of carbonyl (C=O) groups is 3. The predicted molar refractivity (Wildman–Crippen MR) is 200 cm³/mol. The molecule has 1 aliphatic carbocycles. The number of aliphatic hydroxyl groups is 4. The minimum atomic E-state index is -1.25. The third-order valence-electron chi connectivity index (χ3n) is 10.9. The molecule has 2 aromatic carbocycles. The molecule has 3 aromatic rings. The summed E-state index contributed by atoms with van der Waals surface area (Å²) in [5.41, 5.74) is 2.20. The van der Waals surface area contributed by atoms with E-state index < -0.39 is 48.5 Å². The summed E-state index contributed by atoms with van der Waals surface area (Å²) in [5.74, 6) is -2.40. The molecular weight excluding hydrogens is 694 g/mol. The molecule has 0 spiro atoms. The SMILES string of the molecule is CCCCCC[C@](C)(O)[C@@H]1Cc2c(c(CO)c3c(c2OCCCO)C(=C2C[C@H](CO)C(=O)[C@@H](c4ccc5[nH]ccc5c4)C2)C(C=O)=C(C(=O)OCC)O3)O1. The molecule has 12 nitrogen and oxygen atoms in total. The number of aldehydes is 1. The van der Waals surface area contributed by atoms with Crippen molar-refractivity contribution in [2.45, 2.75) is 103 Å². The average Bonchev–Trinajstić information content (AvgIpc) is 3.84. The topological polar surface area (TPSA) is 185 Å². The standard InChI is InChI=1S/C42H51NO11/c1-4-6-7-8-13-42(3,50)33-20-29-37(53-33)31(23-47)39-35(38(29)52-16-9-15-44)34(30(22-46)40(54-39)41(49)51-5-2)26-18-27(21-45)36(48)28(19-26)24-10-11-32-25(17-24)12-14-43-32/h10-12,14,17,22,27-28,33,43-45,47,50H,4-9,13,15-16,18-21,23H2,1-3H3/t27-,28-,33+,42+/m1/s1. The molecule has 1 aromatic heterocycles. The fourth-order valence-corrected chi connectivity index (χ4v) is 8.06. The minimum absolute atomic E-state index is 0.00785. The van der Waals surface area contributed by atoms with Crippen molar-refractivity contribution < 1.29 is 53.8 Å². The number of fused-ring (bicyclic) bond motifs is 3. The molecule has 54 heavy (non-hydrogen) atoms. The largest absolute Gasteiger partial charge is 0.492 e. The van der Waals surface area contributed by atoms with Gasteiger partial charge < -0.3 is 44.4 Å². The predicted octanol–water partition coefficient (Wildman–Crippen LogP) is 5.36. The summed E-state index contributed by atoms with van der Waals surface area (Å²) in [4.78, 5) is 43.9. The van der Waals surface area contributed by atoms with Crippen molar-refractivity contribution in [3.05, 3.63) is 69.6 Å². The number of hydrogen-bond donors (Lipinski definition) is 5. The number of Topliss-reactive ketones (excluding diaryl/α,β-unsaturated/α-hetero) is 1. The summed E-state index contributed by atoms with van der Waals surface area (Å²) in [7, 11) is 0. The number of aromatic amines is 1. The number of aromatic nitrogens is 1. The summed E-state index contributed by atoms with van der Waals surface area (Å²) in [6.07, 6.45) is 6.63. The van der Waals surface area contributed by atoms with Gasteiger partial charge in [0, 0.05) is 54.1 Å². The summed E-state index contributed by atoms with van der Waals surface area (Å²) < 4.78 is 24.6. The first-order valence-electron chi connectivity index (χ1n) is 19.1. The average molecular weight is 746 g/mol. The Morgan fingerprint density at radius 2 is 1.87 bits per heavy atom. The smallest absolute Gasteiger partial charge is 0.375 e. The van der Waals surface area contributed by atoms with Gasteiger partial charge in [0.05, 0.1) is 48.7 Å². The number of H-pyrrole nitrogens is 1. The van der Waals surface area contributed by atoms with Crippen LogP contribution in [0.2, 0.25) is 0 Å². The van der Waals surface area contributed by atoms with E-state index in [0.29, 0.717) is 35.0 Å². The molecule has 4 atom stereocenters. The van der Waals surface area contributed by atoms with Crippen LogP contribution in [0.25, 0.3) is 16.5 Å². The van der Waals surface area contributed by atoms with Crippen LogP contribution >= 0.6 is 0 Å². The van der Waals surface area contributed by atoms with Crippen LogP contribution in [0, 0.1) is 5.92 Å². The van der Waals surface area contributed by atoms with Crippen LogP contribution in [0.4, 0.5) is 0 Å². The van der Waals surface area contributed by atoms with Crippen LogP contribution in [0.1, 0.15) is 100 Å². The first-order valence-corrected chi connectivity index (χ1v) is 19.1. The molecule has 0 radical (unpaired) electrons. The molecule has 290 valence electrons. The van der Waals surface area contributed by atoms with E-state index in [4.69, 9.17) is 18.9 Å². The lowest BCUT2D eigenvalue weighted by atomic mass is 9.71. The molecule has 3 aliphatic rings. The van der Waals surface area contributed by atoms with Crippen molar-refractivity contribution in [2.24, 2.45) is 5.92 Å². The molecule has 0 amide bonds. The Bertz CT molecular complexity index is 1950. The second-order valence-electron chi connectivity index (χ2n) is 14.6. The lowest BCUT2D eigenvalue weighted by Gasteiger charge is -2.34. The number of unbranched alkanes of at least 4 members (excludes halogenated alkanes) is 3. The number of allylic oxidation sites excluding steroid dienone is 3. The van der Waals surface area contributed by atoms with Crippen LogP contribution < -0.4 is 14.2 Å². The highest BCUT2D eigenvalue weighted by molar-refractivity contribution is 6.11. The van der Waals surface area contributed by atoms with Gasteiger partial charge in [-0.25, -0.2) is 4.79 Å². The Morgan fingerprint density at radius 3 is 2.57 bits per heavy atom. The van der Waals surface area contributed by atoms with E-state index in [1.165, 1.54) is 0 Å². The molecular formula is C42H51NO11. The number of benzene rings is 2. The first-order chi connectivity index (χ1) is 26.1. The molecule has 3 heterocycles. The van der Waals surface area contributed by atoms with Crippen LogP contribution in [-0.4, -0.2) is 81.6 Å². The molecule has 0 bridgehead atoms. The van der Waals surface area contributed by atoms with Gasteiger partial charge in [-0.1, -0.05) is 44.2 Å². The van der Waals surface area contributed by atoms with E-state index in [1.54, 1.807) is 13.8 Å². The van der Waals surface area contributed by atoms with Gasteiger partial charge in [-0.3, -0.25) is 9.59 Å². The Kier molecular flexibility index (Phi) is 12.3. The molecule has 1 saturated carbocycles. The van der Waals surface area contributed by atoms with Crippen molar-refractivity contribution in [3.63, 3.8) is 0 Å². The number of rotatable bonds is 16. The Balaban J connectivity index is 1.58. The van der Waals surface area contributed by atoms with Gasteiger partial charge in [-0.05, 0) is 62.3 Å². The van der Waals surface area contributed by atoms with Crippen molar-refractivity contribution in [1.29, 1.82) is 0 Å². The van der Waals surface area contributed by atoms with Crippen molar-refractivity contribution in [1.82, 2.24) is 4.98 Å². The van der Waals surface area contributed by atoms with Crippen molar-refractivity contribution in [2.75, 3.05) is 26.4 Å². The lowest BCUT2D eigenvalue weighted by molar-refractivity contribution is -0.141. The van der Waals surface area contributed by atoms with Gasteiger partial charge in [0.15, 0.2) is 6.29 Å². The van der Waals surface area contributed by atoms with Gasteiger partial charge in [0.1, 0.15) is 29.1 Å². The zero-order valence-corrected chi connectivity index (χ0v) is 31.2. The number of esters is 1. The van der Waals surface area contributed by atoms with Crippen LogP contribution in [-0.2, 0) is 32.1 Å². The van der Waals surface area contributed by atoms with E-state index in [2.05, 4.69) is 11.9 Å². The molecule has 0 unspecified atom stereocenters. The molecule has 0 saturated heterocycles. The highest BCUT2D eigenvalue weighted by Gasteiger charge is 2.46. The Hall–Kier alpha value is -4.49. The van der Waals surface area contributed by atoms with E-state index >= 15 is 0 Å². The molecule has 1 fully saturated rings. The fourth-order valence-electron chi connectivity index (χ4n) is 8.06. The maximum atomic E-state index is 14.0. The van der Waals surface area contributed by atoms with Crippen molar-refractivity contribution in [3.8, 4) is 17.2 Å². The number of nitrogens with one attached hydrogen (secondary N) is 1. The number of ether oxygens (including phenoxy) is 4. The van der Waals surface area contributed by atoms with Gasteiger partial charge >= 0.3 is 5.97 Å². The van der Waals surface area contributed by atoms with Gasteiger partial charge in [0.25, 0.3) is 0 Å². The van der Waals surface area contributed by atoms with Gasteiger partial charge in [0.2, 0.25) is 5.76 Å². The third-order valence-corrected chi connectivity index (χ3v) is 10.9. The second kappa shape index (κ2) is 16.9. The summed E-state index contributed by atoms with van der Waals surface area (Å²) in [5, 5.41) is 43.9. The van der Waals surface area contributed by atoms with E-state index in [1.807, 2.05) is 30.5 Å². The third kappa shape index (κ3) is 7.44. The summed E-state index contributed by atoms with van der Waals surface area (Å²) in [6.45, 7) is 4.35. The Morgan fingerprint density at radius 1 is 1.06 bits per heavy atom.